The van der Waals surface area contributed by atoms with Gasteiger partial charge in [0, 0.05) is 5.69 Å². The van der Waals surface area contributed by atoms with E-state index in [1.807, 2.05) is 31.2 Å². The summed E-state index contributed by atoms with van der Waals surface area (Å²) < 4.78 is 11.1. The molecule has 1 N–H and O–H groups in total. The number of carbonyl (C=O) groups excluding carboxylic acids is 3. The van der Waals surface area contributed by atoms with Crippen molar-refractivity contribution >= 4 is 63.8 Å². The summed E-state index contributed by atoms with van der Waals surface area (Å²) in [7, 11) is 1.48. The van der Waals surface area contributed by atoms with Crippen molar-refractivity contribution in [3.05, 3.63) is 92.3 Å². The van der Waals surface area contributed by atoms with Crippen LogP contribution in [-0.2, 0) is 16.1 Å². The molecule has 1 saturated heterocycles. The van der Waals surface area contributed by atoms with Crippen molar-refractivity contribution in [2.75, 3.05) is 19.0 Å². The Labute approximate surface area is 228 Å². The third-order valence-electron chi connectivity index (χ3n) is 5.46. The van der Waals surface area contributed by atoms with Crippen molar-refractivity contribution in [1.82, 2.24) is 4.90 Å². The number of nitrogens with one attached hydrogen (secondary N) is 1. The molecule has 0 bridgehead atoms. The number of imide groups is 1. The van der Waals surface area contributed by atoms with Crippen LogP contribution < -0.4 is 14.8 Å². The van der Waals surface area contributed by atoms with Crippen molar-refractivity contribution in [3.63, 3.8) is 0 Å². The molecule has 3 amide bonds. The number of anilines is 1. The Morgan fingerprint density at radius 1 is 1.03 bits per heavy atom. The summed E-state index contributed by atoms with van der Waals surface area (Å²) in [6.45, 7) is 1.78. The average molecular weight is 557 g/mol. The minimum absolute atomic E-state index is 0.0829. The second-order valence-corrected chi connectivity index (χ2v) is 9.89. The first-order chi connectivity index (χ1) is 17.7. The third-order valence-corrected chi connectivity index (χ3v) is 7.11. The first-order valence-corrected chi connectivity index (χ1v) is 12.7. The standard InChI is InChI=1S/C27H22Cl2N2O5S/c1-16-5-3-4-6-21(16)30-25(32)15-36-22-10-8-17(12-23(22)35-2)13-24-26(33)31(27(34)37-24)14-18-7-9-19(28)20(29)11-18/h3-13H,14-15H2,1-2H3,(H,30,32)/b24-13-. The summed E-state index contributed by atoms with van der Waals surface area (Å²) in [6, 6.07) is 17.4. The minimum Gasteiger partial charge on any atom is -0.493 e. The SMILES string of the molecule is COc1cc(/C=C2\SC(=O)N(Cc3ccc(Cl)c(Cl)c3)C2=O)ccc1OCC(=O)Nc1ccccc1C. The van der Waals surface area contributed by atoms with Gasteiger partial charge in [0.2, 0.25) is 0 Å². The molecule has 10 heteroatoms. The van der Waals surface area contributed by atoms with Crippen LogP contribution in [0.2, 0.25) is 10.0 Å². The van der Waals surface area contributed by atoms with Gasteiger partial charge in [-0.3, -0.25) is 19.3 Å². The number of para-hydroxylation sites is 1. The summed E-state index contributed by atoms with van der Waals surface area (Å²) >= 11 is 12.8. The molecule has 4 rings (SSSR count). The van der Waals surface area contributed by atoms with E-state index >= 15 is 0 Å². The summed E-state index contributed by atoms with van der Waals surface area (Å²) in [5, 5.41) is 3.17. The quantitative estimate of drug-likeness (QED) is 0.316. The number of methoxy groups -OCH3 is 1. The number of amides is 3. The van der Waals surface area contributed by atoms with Crippen LogP contribution in [0.4, 0.5) is 10.5 Å². The fraction of sp³-hybridized carbons (Fsp3) is 0.148. The Bertz CT molecular complexity index is 1410. The van der Waals surface area contributed by atoms with Crippen molar-refractivity contribution in [1.29, 1.82) is 0 Å². The van der Waals surface area contributed by atoms with E-state index in [4.69, 9.17) is 32.7 Å². The Morgan fingerprint density at radius 3 is 2.54 bits per heavy atom. The van der Waals surface area contributed by atoms with E-state index in [2.05, 4.69) is 5.32 Å². The molecule has 0 saturated carbocycles. The van der Waals surface area contributed by atoms with Crippen LogP contribution in [0.5, 0.6) is 11.5 Å². The molecule has 0 atom stereocenters. The molecule has 0 aliphatic carbocycles. The highest BCUT2D eigenvalue weighted by molar-refractivity contribution is 8.18. The lowest BCUT2D eigenvalue weighted by atomic mass is 10.1. The van der Waals surface area contributed by atoms with E-state index in [0.717, 1.165) is 22.2 Å². The Balaban J connectivity index is 1.43. The highest BCUT2D eigenvalue weighted by Crippen LogP contribution is 2.36. The lowest BCUT2D eigenvalue weighted by Gasteiger charge is -2.13. The van der Waals surface area contributed by atoms with Crippen molar-refractivity contribution in [2.24, 2.45) is 0 Å². The largest absolute Gasteiger partial charge is 0.493 e. The molecule has 7 nitrogen and oxygen atoms in total. The molecule has 0 aromatic heterocycles. The molecule has 0 unspecified atom stereocenters. The zero-order valence-corrected chi connectivity index (χ0v) is 22.2. The smallest absolute Gasteiger partial charge is 0.293 e. The molecule has 1 aliphatic heterocycles. The predicted molar refractivity (Wildman–Crippen MR) is 146 cm³/mol. The normalized spacial score (nSPS) is 14.3. The van der Waals surface area contributed by atoms with Crippen LogP contribution in [0.25, 0.3) is 6.08 Å². The second-order valence-electron chi connectivity index (χ2n) is 8.08. The second kappa shape index (κ2) is 11.7. The van der Waals surface area contributed by atoms with Gasteiger partial charge in [0.25, 0.3) is 17.1 Å². The van der Waals surface area contributed by atoms with Gasteiger partial charge in [0.1, 0.15) is 0 Å². The van der Waals surface area contributed by atoms with E-state index in [1.54, 1.807) is 42.5 Å². The fourth-order valence-corrected chi connectivity index (χ4v) is 4.70. The number of halogens is 2. The van der Waals surface area contributed by atoms with Crippen LogP contribution in [0.1, 0.15) is 16.7 Å². The highest BCUT2D eigenvalue weighted by Gasteiger charge is 2.35. The van der Waals surface area contributed by atoms with E-state index in [1.165, 1.54) is 7.11 Å². The maximum atomic E-state index is 12.9. The van der Waals surface area contributed by atoms with Gasteiger partial charge in [-0.25, -0.2) is 0 Å². The van der Waals surface area contributed by atoms with Crippen LogP contribution in [0.3, 0.4) is 0 Å². The Kier molecular flexibility index (Phi) is 8.43. The fourth-order valence-electron chi connectivity index (χ4n) is 3.54. The number of ether oxygens (including phenoxy) is 2. The summed E-state index contributed by atoms with van der Waals surface area (Å²) in [5.41, 5.74) is 2.98. The lowest BCUT2D eigenvalue weighted by molar-refractivity contribution is -0.123. The number of hydrogen-bond donors (Lipinski definition) is 1. The van der Waals surface area contributed by atoms with Gasteiger partial charge >= 0.3 is 0 Å². The Morgan fingerprint density at radius 2 is 1.81 bits per heavy atom. The summed E-state index contributed by atoms with van der Waals surface area (Å²) in [6.07, 6.45) is 1.61. The van der Waals surface area contributed by atoms with E-state index in [9.17, 15) is 14.4 Å². The number of rotatable bonds is 8. The first-order valence-electron chi connectivity index (χ1n) is 11.1. The molecule has 1 fully saturated rings. The number of nitrogens with zero attached hydrogens (tertiary/aromatic N) is 1. The maximum absolute atomic E-state index is 12.9. The number of thioether (sulfide) groups is 1. The topological polar surface area (TPSA) is 84.9 Å². The molecule has 0 radical (unpaired) electrons. The Hall–Kier alpha value is -3.46. The molecule has 190 valence electrons. The maximum Gasteiger partial charge on any atom is 0.293 e. The van der Waals surface area contributed by atoms with Crippen molar-refractivity contribution < 1.29 is 23.9 Å². The molecular formula is C27H22Cl2N2O5S. The van der Waals surface area contributed by atoms with Gasteiger partial charge in [0.05, 0.1) is 28.6 Å². The molecule has 3 aromatic carbocycles. The van der Waals surface area contributed by atoms with Gasteiger partial charge in [-0.15, -0.1) is 0 Å². The predicted octanol–water partition coefficient (Wildman–Crippen LogP) is 6.56. The minimum atomic E-state index is -0.409. The average Bonchev–Trinajstić information content (AvgIpc) is 3.14. The molecule has 1 heterocycles. The van der Waals surface area contributed by atoms with Crippen LogP contribution in [0, 0.1) is 6.92 Å². The molecule has 37 heavy (non-hydrogen) atoms. The summed E-state index contributed by atoms with van der Waals surface area (Å²) in [5.74, 6) is 0.0316. The lowest BCUT2D eigenvalue weighted by Crippen LogP contribution is -2.27. The van der Waals surface area contributed by atoms with Gasteiger partial charge in [-0.05, 0) is 71.8 Å². The highest BCUT2D eigenvalue weighted by atomic mass is 35.5. The third kappa shape index (κ3) is 6.46. The van der Waals surface area contributed by atoms with Gasteiger partial charge < -0.3 is 14.8 Å². The zero-order chi connectivity index (χ0) is 26.5. The van der Waals surface area contributed by atoms with E-state index < -0.39 is 5.91 Å². The molecule has 3 aromatic rings. The monoisotopic (exact) mass is 556 g/mol. The number of aryl methyl sites for hydroxylation is 1. The van der Waals surface area contributed by atoms with Gasteiger partial charge in [-0.1, -0.05) is 53.5 Å². The summed E-state index contributed by atoms with van der Waals surface area (Å²) in [4.78, 5) is 39.2. The number of carbonyl (C=O) groups is 3. The van der Waals surface area contributed by atoms with Crippen molar-refractivity contribution in [3.8, 4) is 11.5 Å². The van der Waals surface area contributed by atoms with Crippen LogP contribution >= 0.6 is 35.0 Å². The first kappa shape index (κ1) is 26.6. The van der Waals surface area contributed by atoms with Crippen LogP contribution in [0.15, 0.2) is 65.6 Å². The molecular weight excluding hydrogens is 535 g/mol. The van der Waals surface area contributed by atoms with Gasteiger partial charge in [0.15, 0.2) is 18.1 Å². The zero-order valence-electron chi connectivity index (χ0n) is 19.9. The molecule has 0 spiro atoms. The van der Waals surface area contributed by atoms with Crippen molar-refractivity contribution in [2.45, 2.75) is 13.5 Å². The van der Waals surface area contributed by atoms with Crippen LogP contribution in [-0.4, -0.2) is 35.7 Å². The van der Waals surface area contributed by atoms with Gasteiger partial charge in [-0.2, -0.15) is 0 Å². The number of hydrogen-bond acceptors (Lipinski definition) is 6. The molecule has 1 aliphatic rings. The van der Waals surface area contributed by atoms with E-state index in [-0.39, 0.29) is 29.2 Å². The number of benzene rings is 3. The van der Waals surface area contributed by atoms with E-state index in [0.29, 0.717) is 38.4 Å².